The van der Waals surface area contributed by atoms with Crippen LogP contribution in [-0.4, -0.2) is 67.6 Å². The number of carbonyl (C=O) groups excluding carboxylic acids is 2. The lowest BCUT2D eigenvalue weighted by molar-refractivity contribution is -0.148. The predicted molar refractivity (Wildman–Crippen MR) is 95.2 cm³/mol. The van der Waals surface area contributed by atoms with Crippen molar-refractivity contribution >= 4 is 11.8 Å². The molecule has 0 spiro atoms. The molecule has 0 unspecified atom stereocenters. The van der Waals surface area contributed by atoms with Crippen molar-refractivity contribution in [1.29, 1.82) is 0 Å². The molecule has 2 aliphatic heterocycles. The SMILES string of the molecule is Cc1ccc(C(=O)N2CCN(C(=O)C3(CN)CCOCC3)CC2)cc1F. The molecule has 1 aromatic carbocycles. The van der Waals surface area contributed by atoms with Crippen LogP contribution in [0, 0.1) is 18.2 Å². The van der Waals surface area contributed by atoms with Crippen LogP contribution in [0.5, 0.6) is 0 Å². The van der Waals surface area contributed by atoms with Gasteiger partial charge in [0.1, 0.15) is 5.82 Å². The molecule has 1 aromatic rings. The second kappa shape index (κ2) is 7.72. The van der Waals surface area contributed by atoms with Crippen molar-refractivity contribution in [2.24, 2.45) is 11.1 Å². The van der Waals surface area contributed by atoms with Crippen LogP contribution in [0.25, 0.3) is 0 Å². The lowest BCUT2D eigenvalue weighted by Crippen LogP contribution is -2.57. The highest BCUT2D eigenvalue weighted by molar-refractivity contribution is 5.94. The van der Waals surface area contributed by atoms with Gasteiger partial charge in [-0.05, 0) is 37.5 Å². The number of piperazine rings is 1. The molecular formula is C19H26FN3O3. The van der Waals surface area contributed by atoms with Gasteiger partial charge in [-0.1, -0.05) is 6.07 Å². The molecule has 2 saturated heterocycles. The third kappa shape index (κ3) is 3.59. The van der Waals surface area contributed by atoms with Crippen molar-refractivity contribution in [2.75, 3.05) is 45.9 Å². The van der Waals surface area contributed by atoms with E-state index < -0.39 is 5.41 Å². The summed E-state index contributed by atoms with van der Waals surface area (Å²) in [5.74, 6) is -0.513. The van der Waals surface area contributed by atoms with E-state index in [1.54, 1.807) is 28.9 Å². The quantitative estimate of drug-likeness (QED) is 0.875. The molecule has 2 aliphatic rings. The molecule has 0 saturated carbocycles. The van der Waals surface area contributed by atoms with Crippen molar-refractivity contribution in [3.8, 4) is 0 Å². The lowest BCUT2D eigenvalue weighted by atomic mass is 9.78. The summed E-state index contributed by atoms with van der Waals surface area (Å²) in [6.45, 7) is 4.92. The van der Waals surface area contributed by atoms with E-state index in [0.717, 1.165) is 0 Å². The summed E-state index contributed by atoms with van der Waals surface area (Å²) in [5.41, 5.74) is 6.24. The third-order valence-corrected chi connectivity index (χ3v) is 5.57. The second-order valence-corrected chi connectivity index (χ2v) is 7.15. The zero-order valence-corrected chi connectivity index (χ0v) is 15.2. The first-order chi connectivity index (χ1) is 12.5. The largest absolute Gasteiger partial charge is 0.381 e. The highest BCUT2D eigenvalue weighted by Gasteiger charge is 2.42. The van der Waals surface area contributed by atoms with Gasteiger partial charge in [-0.15, -0.1) is 0 Å². The number of hydrogen-bond acceptors (Lipinski definition) is 4. The van der Waals surface area contributed by atoms with Crippen LogP contribution in [-0.2, 0) is 9.53 Å². The van der Waals surface area contributed by atoms with Gasteiger partial charge in [0.2, 0.25) is 5.91 Å². The van der Waals surface area contributed by atoms with E-state index in [4.69, 9.17) is 10.5 Å². The molecule has 6 nitrogen and oxygen atoms in total. The van der Waals surface area contributed by atoms with Crippen LogP contribution in [0.4, 0.5) is 4.39 Å². The summed E-state index contributed by atoms with van der Waals surface area (Å²) in [5, 5.41) is 0. The number of nitrogens with two attached hydrogens (primary N) is 1. The Morgan fingerprint density at radius 1 is 1.15 bits per heavy atom. The summed E-state index contributed by atoms with van der Waals surface area (Å²) in [6, 6.07) is 4.53. The van der Waals surface area contributed by atoms with Crippen LogP contribution in [0.15, 0.2) is 18.2 Å². The molecule has 2 fully saturated rings. The minimum Gasteiger partial charge on any atom is -0.381 e. The first-order valence-corrected chi connectivity index (χ1v) is 9.09. The maximum absolute atomic E-state index is 13.7. The van der Waals surface area contributed by atoms with Gasteiger partial charge in [0, 0.05) is 51.5 Å². The van der Waals surface area contributed by atoms with Gasteiger partial charge in [-0.25, -0.2) is 4.39 Å². The van der Waals surface area contributed by atoms with E-state index >= 15 is 0 Å². The molecular weight excluding hydrogens is 337 g/mol. The zero-order chi connectivity index (χ0) is 18.7. The number of nitrogens with zero attached hydrogens (tertiary/aromatic N) is 2. The van der Waals surface area contributed by atoms with Gasteiger partial charge in [-0.3, -0.25) is 9.59 Å². The Balaban J connectivity index is 1.62. The topological polar surface area (TPSA) is 75.9 Å². The smallest absolute Gasteiger partial charge is 0.254 e. The maximum Gasteiger partial charge on any atom is 0.254 e. The number of carbonyl (C=O) groups is 2. The van der Waals surface area contributed by atoms with Crippen LogP contribution >= 0.6 is 0 Å². The Kier molecular flexibility index (Phi) is 5.58. The molecule has 2 amide bonds. The fourth-order valence-electron chi connectivity index (χ4n) is 3.62. The summed E-state index contributed by atoms with van der Waals surface area (Å²) < 4.78 is 19.1. The van der Waals surface area contributed by atoms with E-state index in [0.29, 0.717) is 69.9 Å². The Morgan fingerprint density at radius 3 is 2.35 bits per heavy atom. The number of rotatable bonds is 3. The predicted octanol–water partition coefficient (Wildman–Crippen LogP) is 1.17. The molecule has 0 radical (unpaired) electrons. The van der Waals surface area contributed by atoms with Crippen molar-refractivity contribution in [3.05, 3.63) is 35.1 Å². The average molecular weight is 363 g/mol. The van der Waals surface area contributed by atoms with E-state index in [2.05, 4.69) is 0 Å². The van der Waals surface area contributed by atoms with Crippen LogP contribution in [0.1, 0.15) is 28.8 Å². The molecule has 26 heavy (non-hydrogen) atoms. The van der Waals surface area contributed by atoms with Crippen molar-refractivity contribution in [3.63, 3.8) is 0 Å². The number of hydrogen-bond donors (Lipinski definition) is 1. The Morgan fingerprint density at radius 2 is 1.77 bits per heavy atom. The number of halogens is 1. The van der Waals surface area contributed by atoms with Gasteiger partial charge < -0.3 is 20.3 Å². The summed E-state index contributed by atoms with van der Waals surface area (Å²) in [6.07, 6.45) is 1.29. The Bertz CT molecular complexity index is 681. The van der Waals surface area contributed by atoms with E-state index in [9.17, 15) is 14.0 Å². The summed E-state index contributed by atoms with van der Waals surface area (Å²) in [7, 11) is 0. The second-order valence-electron chi connectivity index (χ2n) is 7.15. The standard InChI is InChI=1S/C19H26FN3O3/c1-14-2-3-15(12-16(14)20)17(24)22-6-8-23(9-7-22)18(25)19(13-21)4-10-26-11-5-19/h2-3,12H,4-11,13,21H2,1H3. The van der Waals surface area contributed by atoms with Crippen molar-refractivity contribution in [2.45, 2.75) is 19.8 Å². The molecule has 0 atom stereocenters. The maximum atomic E-state index is 13.7. The van der Waals surface area contributed by atoms with E-state index in [1.165, 1.54) is 6.07 Å². The average Bonchev–Trinajstić information content (AvgIpc) is 2.69. The molecule has 7 heteroatoms. The van der Waals surface area contributed by atoms with Gasteiger partial charge in [-0.2, -0.15) is 0 Å². The minimum absolute atomic E-state index is 0.0665. The molecule has 2 N–H and O–H groups in total. The van der Waals surface area contributed by atoms with E-state index in [-0.39, 0.29) is 17.6 Å². The first-order valence-electron chi connectivity index (χ1n) is 9.09. The fraction of sp³-hybridized carbons (Fsp3) is 0.579. The Labute approximate surface area is 153 Å². The monoisotopic (exact) mass is 363 g/mol. The minimum atomic E-state index is -0.537. The highest BCUT2D eigenvalue weighted by Crippen LogP contribution is 2.32. The molecule has 0 aromatic heterocycles. The first kappa shape index (κ1) is 18.8. The Hall–Kier alpha value is -1.99. The number of amides is 2. The normalized spacial score (nSPS) is 20.1. The van der Waals surface area contributed by atoms with Crippen LogP contribution in [0.3, 0.4) is 0 Å². The summed E-state index contributed by atoms with van der Waals surface area (Å²) >= 11 is 0. The van der Waals surface area contributed by atoms with Gasteiger partial charge in [0.25, 0.3) is 5.91 Å². The zero-order valence-electron chi connectivity index (χ0n) is 15.2. The van der Waals surface area contributed by atoms with Crippen molar-refractivity contribution in [1.82, 2.24) is 9.80 Å². The lowest BCUT2D eigenvalue weighted by Gasteiger charge is -2.42. The van der Waals surface area contributed by atoms with Gasteiger partial charge in [0.15, 0.2) is 0 Å². The molecule has 2 heterocycles. The number of benzene rings is 1. The summed E-state index contributed by atoms with van der Waals surface area (Å²) in [4.78, 5) is 29.0. The van der Waals surface area contributed by atoms with Gasteiger partial charge in [0.05, 0.1) is 5.41 Å². The molecule has 0 aliphatic carbocycles. The van der Waals surface area contributed by atoms with Crippen LogP contribution < -0.4 is 5.73 Å². The fourth-order valence-corrected chi connectivity index (χ4v) is 3.62. The third-order valence-electron chi connectivity index (χ3n) is 5.57. The number of ether oxygens (including phenoxy) is 1. The highest BCUT2D eigenvalue weighted by atomic mass is 19.1. The molecule has 142 valence electrons. The van der Waals surface area contributed by atoms with Crippen LogP contribution in [0.2, 0.25) is 0 Å². The van der Waals surface area contributed by atoms with Gasteiger partial charge >= 0.3 is 0 Å². The van der Waals surface area contributed by atoms with Crippen molar-refractivity contribution < 1.29 is 18.7 Å². The van der Waals surface area contributed by atoms with E-state index in [1.807, 2.05) is 0 Å². The molecule has 0 bridgehead atoms. The number of aryl methyl sites for hydroxylation is 1. The molecule has 3 rings (SSSR count).